The van der Waals surface area contributed by atoms with E-state index in [1.54, 1.807) is 0 Å². The van der Waals surface area contributed by atoms with E-state index < -0.39 is 0 Å². The van der Waals surface area contributed by atoms with Gasteiger partial charge in [0, 0.05) is 43.5 Å². The predicted molar refractivity (Wildman–Crippen MR) is 71.8 cm³/mol. The maximum absolute atomic E-state index is 2.18. The highest BCUT2D eigenvalue weighted by atomic mass is 15.1. The van der Waals surface area contributed by atoms with Crippen molar-refractivity contribution < 1.29 is 4.57 Å². The molecule has 0 atom stereocenters. The SMILES string of the molecule is Cc1c(N(C)C)ccc(-[n+]2ccccc2)c1C. The Balaban J connectivity index is 2.56. The third kappa shape index (κ3) is 2.16. The van der Waals surface area contributed by atoms with Crippen molar-refractivity contribution in [3.8, 4) is 5.69 Å². The summed E-state index contributed by atoms with van der Waals surface area (Å²) < 4.78 is 2.15. The molecule has 2 aromatic rings. The Morgan fingerprint density at radius 2 is 1.53 bits per heavy atom. The van der Waals surface area contributed by atoms with Crippen molar-refractivity contribution in [1.82, 2.24) is 0 Å². The van der Waals surface area contributed by atoms with Gasteiger partial charge in [0.15, 0.2) is 12.4 Å². The molecule has 0 radical (unpaired) electrons. The molecule has 0 saturated heterocycles. The number of hydrogen-bond donors (Lipinski definition) is 0. The molecule has 0 amide bonds. The van der Waals surface area contributed by atoms with Crippen molar-refractivity contribution in [2.75, 3.05) is 19.0 Å². The van der Waals surface area contributed by atoms with Crippen LogP contribution in [-0.2, 0) is 0 Å². The fourth-order valence-electron chi connectivity index (χ4n) is 2.12. The summed E-state index contributed by atoms with van der Waals surface area (Å²) in [5.74, 6) is 0. The first kappa shape index (κ1) is 11.6. The number of anilines is 1. The van der Waals surface area contributed by atoms with Crippen molar-refractivity contribution in [1.29, 1.82) is 0 Å². The van der Waals surface area contributed by atoms with E-state index in [0.717, 1.165) is 0 Å². The van der Waals surface area contributed by atoms with E-state index in [-0.39, 0.29) is 0 Å². The Bertz CT molecular complexity index is 516. The van der Waals surface area contributed by atoms with E-state index >= 15 is 0 Å². The Hall–Kier alpha value is -1.83. The van der Waals surface area contributed by atoms with Crippen molar-refractivity contribution in [2.45, 2.75) is 13.8 Å². The molecule has 0 aliphatic carbocycles. The van der Waals surface area contributed by atoms with Crippen LogP contribution in [0.5, 0.6) is 0 Å². The van der Waals surface area contributed by atoms with E-state index in [1.807, 2.05) is 6.07 Å². The minimum absolute atomic E-state index is 1.24. The molecule has 1 heterocycles. The maximum atomic E-state index is 2.18. The summed E-state index contributed by atoms with van der Waals surface area (Å²) >= 11 is 0. The minimum Gasteiger partial charge on any atom is -0.377 e. The third-order valence-electron chi connectivity index (χ3n) is 3.21. The molecule has 88 valence electrons. The number of hydrogen-bond acceptors (Lipinski definition) is 1. The summed E-state index contributed by atoms with van der Waals surface area (Å²) in [6.45, 7) is 4.36. The summed E-state index contributed by atoms with van der Waals surface area (Å²) in [4.78, 5) is 2.15. The van der Waals surface area contributed by atoms with Crippen molar-refractivity contribution in [3.05, 3.63) is 53.9 Å². The van der Waals surface area contributed by atoms with Crippen LogP contribution in [0.4, 0.5) is 5.69 Å². The fraction of sp³-hybridized carbons (Fsp3) is 0.267. The lowest BCUT2D eigenvalue weighted by molar-refractivity contribution is -0.596. The smallest absolute Gasteiger partial charge is 0.213 e. The van der Waals surface area contributed by atoms with Gasteiger partial charge in [-0.1, -0.05) is 6.07 Å². The second-order valence-corrected chi connectivity index (χ2v) is 4.53. The van der Waals surface area contributed by atoms with Gasteiger partial charge in [0.05, 0.1) is 0 Å². The van der Waals surface area contributed by atoms with Gasteiger partial charge >= 0.3 is 0 Å². The molecule has 17 heavy (non-hydrogen) atoms. The van der Waals surface area contributed by atoms with Crippen LogP contribution in [0.15, 0.2) is 42.7 Å². The average molecular weight is 227 g/mol. The Labute approximate surface area is 103 Å². The van der Waals surface area contributed by atoms with E-state index in [4.69, 9.17) is 0 Å². The zero-order valence-electron chi connectivity index (χ0n) is 10.9. The molecule has 2 heteroatoms. The molecule has 0 aliphatic heterocycles. The Kier molecular flexibility index (Phi) is 3.14. The summed E-state index contributed by atoms with van der Waals surface area (Å²) in [5.41, 5.74) is 5.19. The number of aromatic nitrogens is 1. The molecule has 1 aromatic carbocycles. The highest BCUT2D eigenvalue weighted by Crippen LogP contribution is 2.23. The molecular formula is C15H19N2+. The summed E-state index contributed by atoms with van der Waals surface area (Å²) in [7, 11) is 4.16. The van der Waals surface area contributed by atoms with Crippen LogP contribution < -0.4 is 9.47 Å². The number of pyridine rings is 1. The highest BCUT2D eigenvalue weighted by Gasteiger charge is 2.13. The Morgan fingerprint density at radius 1 is 0.882 bits per heavy atom. The zero-order chi connectivity index (χ0) is 12.4. The van der Waals surface area contributed by atoms with E-state index in [2.05, 4.69) is 74.1 Å². The van der Waals surface area contributed by atoms with Gasteiger partial charge in [0.25, 0.3) is 0 Å². The normalized spacial score (nSPS) is 10.4. The lowest BCUT2D eigenvalue weighted by Crippen LogP contribution is -2.30. The molecule has 0 aliphatic rings. The van der Waals surface area contributed by atoms with Crippen LogP contribution in [0.25, 0.3) is 5.69 Å². The standard InChI is InChI=1S/C15H19N2/c1-12-13(2)15(9-8-14(12)16(3)4)17-10-6-5-7-11-17/h5-11H,1-4H3/q+1. The molecule has 0 spiro atoms. The van der Waals surface area contributed by atoms with Gasteiger partial charge in [-0.2, -0.15) is 4.57 Å². The quantitative estimate of drug-likeness (QED) is 0.715. The number of nitrogens with zero attached hydrogens (tertiary/aromatic N) is 2. The molecule has 2 nitrogen and oxygen atoms in total. The van der Waals surface area contributed by atoms with Crippen LogP contribution in [0.3, 0.4) is 0 Å². The van der Waals surface area contributed by atoms with Crippen LogP contribution >= 0.6 is 0 Å². The minimum atomic E-state index is 1.24. The first-order valence-corrected chi connectivity index (χ1v) is 5.85. The van der Waals surface area contributed by atoms with E-state index in [9.17, 15) is 0 Å². The van der Waals surface area contributed by atoms with Gasteiger partial charge in [-0.25, -0.2) is 0 Å². The average Bonchev–Trinajstić information content (AvgIpc) is 2.33. The Morgan fingerprint density at radius 3 is 2.12 bits per heavy atom. The molecule has 0 saturated carbocycles. The molecule has 1 aromatic heterocycles. The van der Waals surface area contributed by atoms with Crippen LogP contribution in [0.1, 0.15) is 11.1 Å². The highest BCUT2D eigenvalue weighted by molar-refractivity contribution is 5.59. The number of benzene rings is 1. The number of rotatable bonds is 2. The second-order valence-electron chi connectivity index (χ2n) is 4.53. The van der Waals surface area contributed by atoms with Crippen LogP contribution in [-0.4, -0.2) is 14.1 Å². The van der Waals surface area contributed by atoms with Gasteiger partial charge in [-0.3, -0.25) is 0 Å². The second kappa shape index (κ2) is 4.58. The first-order valence-electron chi connectivity index (χ1n) is 5.85. The molecule has 2 rings (SSSR count). The molecule has 0 unspecified atom stereocenters. The van der Waals surface area contributed by atoms with Gasteiger partial charge < -0.3 is 4.90 Å². The van der Waals surface area contributed by atoms with E-state index in [0.29, 0.717) is 0 Å². The lowest BCUT2D eigenvalue weighted by atomic mass is 10.0. The van der Waals surface area contributed by atoms with Gasteiger partial charge in [0.2, 0.25) is 5.69 Å². The van der Waals surface area contributed by atoms with E-state index in [1.165, 1.54) is 22.5 Å². The lowest BCUT2D eigenvalue weighted by Gasteiger charge is -2.17. The summed E-state index contributed by atoms with van der Waals surface area (Å²) in [6.07, 6.45) is 4.16. The topological polar surface area (TPSA) is 7.12 Å². The monoisotopic (exact) mass is 227 g/mol. The molecular weight excluding hydrogens is 208 g/mol. The molecule has 0 fully saturated rings. The summed E-state index contributed by atoms with van der Waals surface area (Å²) in [6, 6.07) is 10.5. The largest absolute Gasteiger partial charge is 0.377 e. The molecule has 0 bridgehead atoms. The summed E-state index contributed by atoms with van der Waals surface area (Å²) in [5, 5.41) is 0. The first-order chi connectivity index (χ1) is 8.11. The van der Waals surface area contributed by atoms with Crippen molar-refractivity contribution in [3.63, 3.8) is 0 Å². The molecule has 0 N–H and O–H groups in total. The van der Waals surface area contributed by atoms with Gasteiger partial charge in [-0.15, -0.1) is 0 Å². The van der Waals surface area contributed by atoms with Crippen molar-refractivity contribution >= 4 is 5.69 Å². The fourth-order valence-corrected chi connectivity index (χ4v) is 2.12. The third-order valence-corrected chi connectivity index (χ3v) is 3.21. The van der Waals surface area contributed by atoms with Crippen molar-refractivity contribution in [2.24, 2.45) is 0 Å². The zero-order valence-corrected chi connectivity index (χ0v) is 10.9. The maximum Gasteiger partial charge on any atom is 0.213 e. The van der Waals surface area contributed by atoms with Gasteiger partial charge in [-0.05, 0) is 25.5 Å². The predicted octanol–water partition coefficient (Wildman–Crippen LogP) is 2.65. The van der Waals surface area contributed by atoms with Crippen LogP contribution in [0, 0.1) is 13.8 Å². The van der Waals surface area contributed by atoms with Crippen LogP contribution in [0.2, 0.25) is 0 Å². The van der Waals surface area contributed by atoms with Gasteiger partial charge in [0.1, 0.15) is 0 Å².